The highest BCUT2D eigenvalue weighted by Gasteiger charge is 2.17. The molecule has 0 atom stereocenters. The van der Waals surface area contributed by atoms with Crippen molar-refractivity contribution in [3.63, 3.8) is 0 Å². The quantitative estimate of drug-likeness (QED) is 0.374. The van der Waals surface area contributed by atoms with E-state index in [0.717, 1.165) is 27.8 Å². The van der Waals surface area contributed by atoms with Gasteiger partial charge in [-0.05, 0) is 41.3 Å². The molecule has 152 valence electrons. The van der Waals surface area contributed by atoms with Gasteiger partial charge in [0.25, 0.3) is 0 Å². The second kappa shape index (κ2) is 9.15. The van der Waals surface area contributed by atoms with Crippen LogP contribution in [0.3, 0.4) is 0 Å². The zero-order chi connectivity index (χ0) is 21.6. The summed E-state index contributed by atoms with van der Waals surface area (Å²) in [7, 11) is 0. The van der Waals surface area contributed by atoms with Gasteiger partial charge < -0.3 is 9.30 Å². The average molecular weight is 406 g/mol. The predicted molar refractivity (Wildman–Crippen MR) is 122 cm³/mol. The molecule has 1 aromatic heterocycles. The van der Waals surface area contributed by atoms with E-state index in [1.807, 2.05) is 65.5 Å². The lowest BCUT2D eigenvalue weighted by Crippen LogP contribution is -2.05. The van der Waals surface area contributed by atoms with Crippen molar-refractivity contribution in [2.45, 2.75) is 13.5 Å². The fourth-order valence-corrected chi connectivity index (χ4v) is 3.62. The molecule has 0 aliphatic heterocycles. The maximum atomic E-state index is 12.6. The minimum atomic E-state index is -0.339. The maximum absolute atomic E-state index is 12.6. The van der Waals surface area contributed by atoms with Crippen LogP contribution in [0.2, 0.25) is 0 Å². The molecule has 3 aromatic carbocycles. The summed E-state index contributed by atoms with van der Waals surface area (Å²) in [5.41, 5.74) is 6.19. The van der Waals surface area contributed by atoms with Crippen molar-refractivity contribution < 1.29 is 9.53 Å². The van der Waals surface area contributed by atoms with Gasteiger partial charge in [-0.2, -0.15) is 5.26 Å². The van der Waals surface area contributed by atoms with Crippen LogP contribution < -0.4 is 0 Å². The van der Waals surface area contributed by atoms with Crippen LogP contribution in [-0.2, 0) is 11.3 Å². The number of rotatable bonds is 6. The maximum Gasteiger partial charge on any atom is 0.340 e. The van der Waals surface area contributed by atoms with Crippen LogP contribution >= 0.6 is 0 Å². The smallest absolute Gasteiger partial charge is 0.340 e. The van der Waals surface area contributed by atoms with Crippen LogP contribution in [0.25, 0.3) is 22.3 Å². The molecule has 0 unspecified atom stereocenters. The molecule has 4 nitrogen and oxygen atoms in total. The highest BCUT2D eigenvalue weighted by molar-refractivity contribution is 5.97. The normalized spacial score (nSPS) is 10.5. The van der Waals surface area contributed by atoms with Gasteiger partial charge in [0.2, 0.25) is 0 Å². The first-order valence-electron chi connectivity index (χ1n) is 10.2. The average Bonchev–Trinajstić information content (AvgIpc) is 3.24. The molecule has 0 spiro atoms. The van der Waals surface area contributed by atoms with Crippen LogP contribution in [0.1, 0.15) is 28.4 Å². The molecule has 4 rings (SSSR count). The lowest BCUT2D eigenvalue weighted by atomic mass is 10.00. The molecule has 1 heterocycles. The summed E-state index contributed by atoms with van der Waals surface area (Å²) in [6, 6.07) is 28.0. The van der Waals surface area contributed by atoms with E-state index < -0.39 is 0 Å². The zero-order valence-corrected chi connectivity index (χ0v) is 17.3. The molecule has 0 amide bonds. The number of nitriles is 1. The number of nitrogens with zero attached hydrogens (tertiary/aromatic N) is 2. The van der Waals surface area contributed by atoms with Gasteiger partial charge in [0.1, 0.15) is 0 Å². The highest BCUT2D eigenvalue weighted by Crippen LogP contribution is 2.29. The van der Waals surface area contributed by atoms with Crippen LogP contribution in [0.5, 0.6) is 0 Å². The lowest BCUT2D eigenvalue weighted by molar-refractivity contribution is 0.0527. The lowest BCUT2D eigenvalue weighted by Gasteiger charge is -2.06. The number of benzene rings is 3. The Morgan fingerprint density at radius 2 is 1.61 bits per heavy atom. The Hall–Kier alpha value is -4.10. The minimum absolute atomic E-state index is 0.320. The molecular weight excluding hydrogens is 384 g/mol. The summed E-state index contributed by atoms with van der Waals surface area (Å²) in [5.74, 6) is -0.339. The summed E-state index contributed by atoms with van der Waals surface area (Å²) in [4.78, 5) is 12.6. The predicted octanol–water partition coefficient (Wildman–Crippen LogP) is 5.92. The Morgan fingerprint density at radius 3 is 2.32 bits per heavy atom. The Morgan fingerprint density at radius 1 is 0.903 bits per heavy atom. The zero-order valence-electron chi connectivity index (χ0n) is 17.3. The van der Waals surface area contributed by atoms with Crippen molar-refractivity contribution in [2.24, 2.45) is 0 Å². The number of carbonyl (C=O) groups is 1. The third kappa shape index (κ3) is 4.57. The van der Waals surface area contributed by atoms with Gasteiger partial charge in [-0.25, -0.2) is 4.79 Å². The number of ether oxygens (including phenoxy) is 1. The number of esters is 1. The van der Waals surface area contributed by atoms with Crippen molar-refractivity contribution in [3.8, 4) is 28.3 Å². The Bertz CT molecular complexity index is 1230. The molecule has 0 N–H and O–H groups in total. The Balaban J connectivity index is 1.68. The number of hydrogen-bond acceptors (Lipinski definition) is 3. The summed E-state index contributed by atoms with van der Waals surface area (Å²) in [5, 5.41) is 9.14. The van der Waals surface area contributed by atoms with Crippen molar-refractivity contribution >= 4 is 5.97 Å². The Labute approximate surface area is 182 Å². The molecule has 0 aliphatic rings. The first kappa shape index (κ1) is 20.2. The van der Waals surface area contributed by atoms with Crippen molar-refractivity contribution in [3.05, 3.63) is 108 Å². The molecule has 31 heavy (non-hydrogen) atoms. The summed E-state index contributed by atoms with van der Waals surface area (Å²) in [6.45, 7) is 2.68. The highest BCUT2D eigenvalue weighted by atomic mass is 16.5. The molecule has 0 saturated carbocycles. The molecule has 4 aromatic rings. The van der Waals surface area contributed by atoms with Gasteiger partial charge in [-0.3, -0.25) is 0 Å². The van der Waals surface area contributed by atoms with Crippen molar-refractivity contribution in [1.29, 1.82) is 5.26 Å². The van der Waals surface area contributed by atoms with E-state index in [9.17, 15) is 4.79 Å². The Kier molecular flexibility index (Phi) is 5.96. The first-order valence-corrected chi connectivity index (χ1v) is 10.2. The van der Waals surface area contributed by atoms with Gasteiger partial charge in [-0.15, -0.1) is 0 Å². The summed E-state index contributed by atoms with van der Waals surface area (Å²) >= 11 is 0. The van der Waals surface area contributed by atoms with E-state index in [4.69, 9.17) is 10.00 Å². The van der Waals surface area contributed by atoms with E-state index in [2.05, 4.69) is 30.3 Å². The molecule has 0 radical (unpaired) electrons. The number of hydrogen-bond donors (Lipinski definition) is 0. The van der Waals surface area contributed by atoms with Gasteiger partial charge in [0.05, 0.1) is 23.8 Å². The molecule has 0 bridgehead atoms. The van der Waals surface area contributed by atoms with Gasteiger partial charge in [-0.1, -0.05) is 66.7 Å². The third-order valence-corrected chi connectivity index (χ3v) is 5.10. The van der Waals surface area contributed by atoms with Crippen LogP contribution in [0, 0.1) is 11.3 Å². The fourth-order valence-electron chi connectivity index (χ4n) is 3.62. The van der Waals surface area contributed by atoms with Crippen molar-refractivity contribution in [1.82, 2.24) is 4.57 Å². The topological polar surface area (TPSA) is 55.0 Å². The van der Waals surface area contributed by atoms with Crippen LogP contribution in [0.4, 0.5) is 0 Å². The van der Waals surface area contributed by atoms with Gasteiger partial charge >= 0.3 is 5.97 Å². The second-order valence-corrected chi connectivity index (χ2v) is 7.23. The number of aromatic nitrogens is 1. The monoisotopic (exact) mass is 406 g/mol. The van der Waals surface area contributed by atoms with E-state index in [1.54, 1.807) is 13.0 Å². The minimum Gasteiger partial charge on any atom is -0.462 e. The molecule has 0 fully saturated rings. The third-order valence-electron chi connectivity index (χ3n) is 5.10. The van der Waals surface area contributed by atoms with E-state index in [0.29, 0.717) is 24.3 Å². The first-order chi connectivity index (χ1) is 15.2. The standard InChI is InChI=1S/C27H22N2O2/c1-2-31-27(30)26-19-29(17-21-8-6-7-20(15-21)16-28)18-25(26)24-13-11-23(12-14-24)22-9-4-3-5-10-22/h3-15,18-19H,2,17H2,1H3. The molecule has 0 saturated heterocycles. The van der Waals surface area contributed by atoms with E-state index in [-0.39, 0.29) is 5.97 Å². The second-order valence-electron chi connectivity index (χ2n) is 7.23. The van der Waals surface area contributed by atoms with E-state index >= 15 is 0 Å². The van der Waals surface area contributed by atoms with Crippen LogP contribution in [-0.4, -0.2) is 17.1 Å². The summed E-state index contributed by atoms with van der Waals surface area (Å²) in [6.07, 6.45) is 3.78. The molecule has 4 heteroatoms. The van der Waals surface area contributed by atoms with Gasteiger partial charge in [0.15, 0.2) is 0 Å². The molecule has 0 aliphatic carbocycles. The molecular formula is C27H22N2O2. The SMILES string of the molecule is CCOC(=O)c1cn(Cc2cccc(C#N)c2)cc1-c1ccc(-c2ccccc2)cc1. The van der Waals surface area contributed by atoms with Gasteiger partial charge in [0, 0.05) is 24.5 Å². The number of carbonyl (C=O) groups excluding carboxylic acids is 1. The summed E-state index contributed by atoms with van der Waals surface area (Å²) < 4.78 is 7.25. The van der Waals surface area contributed by atoms with E-state index in [1.165, 1.54) is 0 Å². The van der Waals surface area contributed by atoms with Crippen LogP contribution in [0.15, 0.2) is 91.3 Å². The largest absolute Gasteiger partial charge is 0.462 e. The fraction of sp³-hybridized carbons (Fsp3) is 0.111. The van der Waals surface area contributed by atoms with Crippen molar-refractivity contribution in [2.75, 3.05) is 6.61 Å².